The van der Waals surface area contributed by atoms with Gasteiger partial charge in [0.05, 0.1) is 19.0 Å². The van der Waals surface area contributed by atoms with Gasteiger partial charge in [-0.15, -0.1) is 0 Å². The van der Waals surface area contributed by atoms with Gasteiger partial charge in [0.25, 0.3) is 5.91 Å². The van der Waals surface area contributed by atoms with Gasteiger partial charge in [-0.1, -0.05) is 13.8 Å². The van der Waals surface area contributed by atoms with Crippen LogP contribution < -0.4 is 10.2 Å². The van der Waals surface area contributed by atoms with Gasteiger partial charge in [0.1, 0.15) is 11.5 Å². The van der Waals surface area contributed by atoms with Crippen LogP contribution in [0.25, 0.3) is 0 Å². The number of carbonyl (C=O) groups is 2. The average molecular weight is 377 g/mol. The van der Waals surface area contributed by atoms with E-state index in [1.54, 1.807) is 18.0 Å². The van der Waals surface area contributed by atoms with Crippen LogP contribution in [-0.2, 0) is 4.74 Å². The zero-order valence-electron chi connectivity index (χ0n) is 16.6. The second-order valence-electron chi connectivity index (χ2n) is 6.68. The Hall–Kier alpha value is -2.38. The smallest absolute Gasteiger partial charge is 0.409 e. The van der Waals surface area contributed by atoms with Crippen LogP contribution in [0.1, 0.15) is 56.9 Å². The molecule has 2 heterocycles. The molecule has 1 aromatic rings. The van der Waals surface area contributed by atoms with Gasteiger partial charge in [0.2, 0.25) is 0 Å². The molecule has 8 nitrogen and oxygen atoms in total. The Balaban J connectivity index is 1.87. The van der Waals surface area contributed by atoms with Crippen molar-refractivity contribution in [3.8, 4) is 0 Å². The first kappa shape index (κ1) is 20.9. The van der Waals surface area contributed by atoms with Crippen molar-refractivity contribution in [2.75, 3.05) is 37.7 Å². The normalized spacial score (nSPS) is 14.7. The minimum atomic E-state index is -0.285. The Labute approximate surface area is 161 Å². The molecule has 27 heavy (non-hydrogen) atoms. The molecular formula is C19H31N5O3. The molecule has 1 aromatic heterocycles. The summed E-state index contributed by atoms with van der Waals surface area (Å²) in [6, 6.07) is 0.0290. The number of nitrogens with one attached hydrogen (secondary N) is 1. The van der Waals surface area contributed by atoms with E-state index in [4.69, 9.17) is 4.74 Å². The molecule has 0 aromatic carbocycles. The Bertz CT molecular complexity index is 594. The van der Waals surface area contributed by atoms with E-state index in [0.717, 1.165) is 31.7 Å². The lowest BCUT2D eigenvalue weighted by Crippen LogP contribution is -2.46. The topological polar surface area (TPSA) is 87.7 Å². The summed E-state index contributed by atoms with van der Waals surface area (Å²) < 4.78 is 5.01. The van der Waals surface area contributed by atoms with E-state index in [-0.39, 0.29) is 18.0 Å². The van der Waals surface area contributed by atoms with Crippen molar-refractivity contribution in [3.05, 3.63) is 18.1 Å². The number of likely N-dealkylation sites (tertiary alicyclic amines) is 1. The van der Waals surface area contributed by atoms with Crippen molar-refractivity contribution >= 4 is 17.8 Å². The van der Waals surface area contributed by atoms with Gasteiger partial charge in [-0.2, -0.15) is 0 Å². The summed E-state index contributed by atoms with van der Waals surface area (Å²) in [6.45, 7) is 9.43. The van der Waals surface area contributed by atoms with Crippen LogP contribution in [0.3, 0.4) is 0 Å². The highest BCUT2D eigenvalue weighted by Gasteiger charge is 2.25. The van der Waals surface area contributed by atoms with Crippen molar-refractivity contribution < 1.29 is 14.3 Å². The van der Waals surface area contributed by atoms with Gasteiger partial charge in [-0.05, 0) is 32.6 Å². The van der Waals surface area contributed by atoms with Gasteiger partial charge in [0, 0.05) is 32.2 Å². The third kappa shape index (κ3) is 6.08. The van der Waals surface area contributed by atoms with Crippen LogP contribution in [0.2, 0.25) is 0 Å². The summed E-state index contributed by atoms with van der Waals surface area (Å²) in [6.07, 6.45) is 6.41. The number of hydrogen-bond donors (Lipinski definition) is 1. The van der Waals surface area contributed by atoms with Crippen LogP contribution in [0.5, 0.6) is 0 Å². The Kier molecular flexibility index (Phi) is 8.29. The molecule has 0 saturated carbocycles. The molecule has 0 bridgehead atoms. The first-order chi connectivity index (χ1) is 13.1. The SMILES string of the molecule is CCCN(CCC)c1cnc(C(=O)NC2CCN(C(=O)OCC)CC2)cn1. The van der Waals surface area contributed by atoms with Crippen LogP contribution >= 0.6 is 0 Å². The van der Waals surface area contributed by atoms with Crippen molar-refractivity contribution in [1.82, 2.24) is 20.2 Å². The average Bonchev–Trinajstić information content (AvgIpc) is 2.68. The largest absolute Gasteiger partial charge is 0.450 e. The van der Waals surface area contributed by atoms with Gasteiger partial charge in [0.15, 0.2) is 0 Å². The van der Waals surface area contributed by atoms with E-state index in [1.807, 2.05) is 0 Å². The molecule has 0 spiro atoms. The maximum atomic E-state index is 12.4. The highest BCUT2D eigenvalue weighted by atomic mass is 16.6. The van der Waals surface area contributed by atoms with E-state index in [9.17, 15) is 9.59 Å². The molecule has 2 rings (SSSR count). The highest BCUT2D eigenvalue weighted by molar-refractivity contribution is 5.92. The number of rotatable bonds is 8. The van der Waals surface area contributed by atoms with E-state index in [2.05, 4.69) is 34.0 Å². The van der Waals surface area contributed by atoms with E-state index in [1.165, 1.54) is 6.20 Å². The number of hydrogen-bond acceptors (Lipinski definition) is 6. The second-order valence-corrected chi connectivity index (χ2v) is 6.68. The third-order valence-corrected chi connectivity index (χ3v) is 4.54. The Morgan fingerprint density at radius 3 is 2.33 bits per heavy atom. The zero-order valence-corrected chi connectivity index (χ0v) is 16.6. The number of piperidine rings is 1. The van der Waals surface area contributed by atoms with Crippen molar-refractivity contribution in [2.24, 2.45) is 0 Å². The summed E-state index contributed by atoms with van der Waals surface area (Å²) in [7, 11) is 0. The second kappa shape index (κ2) is 10.7. The fourth-order valence-corrected chi connectivity index (χ4v) is 3.16. The monoisotopic (exact) mass is 377 g/mol. The van der Waals surface area contributed by atoms with Gasteiger partial charge < -0.3 is 19.9 Å². The van der Waals surface area contributed by atoms with Crippen LogP contribution in [0.15, 0.2) is 12.4 Å². The van der Waals surface area contributed by atoms with Gasteiger partial charge in [-0.25, -0.2) is 14.8 Å². The minimum absolute atomic E-state index is 0.0290. The molecule has 150 valence electrons. The molecule has 1 N–H and O–H groups in total. The number of ether oxygens (including phenoxy) is 1. The predicted octanol–water partition coefficient (Wildman–Crippen LogP) is 2.45. The standard InChI is InChI=1S/C19H31N5O3/c1-4-9-23(10-5-2)17-14-20-16(13-21-17)18(25)22-15-7-11-24(12-8-15)19(26)27-6-3/h13-15H,4-12H2,1-3H3,(H,22,25). The molecular weight excluding hydrogens is 346 g/mol. The summed E-state index contributed by atoms with van der Waals surface area (Å²) in [5.74, 6) is 0.583. The molecule has 1 aliphatic heterocycles. The fraction of sp³-hybridized carbons (Fsp3) is 0.684. The number of amides is 2. The van der Waals surface area contributed by atoms with Crippen LogP contribution in [-0.4, -0.2) is 65.7 Å². The van der Waals surface area contributed by atoms with Crippen LogP contribution in [0.4, 0.5) is 10.6 Å². The lowest BCUT2D eigenvalue weighted by Gasteiger charge is -2.31. The number of carbonyl (C=O) groups excluding carboxylic acids is 2. The molecule has 1 aliphatic rings. The Morgan fingerprint density at radius 1 is 1.15 bits per heavy atom. The molecule has 8 heteroatoms. The molecule has 0 radical (unpaired) electrons. The van der Waals surface area contributed by atoms with E-state index in [0.29, 0.717) is 38.2 Å². The lowest BCUT2D eigenvalue weighted by molar-refractivity contribution is 0.0856. The molecule has 0 aliphatic carbocycles. The molecule has 0 atom stereocenters. The molecule has 1 fully saturated rings. The van der Waals surface area contributed by atoms with Crippen molar-refractivity contribution in [1.29, 1.82) is 0 Å². The molecule has 1 saturated heterocycles. The highest BCUT2D eigenvalue weighted by Crippen LogP contribution is 2.13. The number of aromatic nitrogens is 2. The minimum Gasteiger partial charge on any atom is -0.450 e. The molecule has 2 amide bonds. The van der Waals surface area contributed by atoms with Gasteiger partial charge >= 0.3 is 6.09 Å². The lowest BCUT2D eigenvalue weighted by atomic mass is 10.1. The van der Waals surface area contributed by atoms with Crippen LogP contribution in [0, 0.1) is 0 Å². The Morgan fingerprint density at radius 2 is 1.81 bits per heavy atom. The maximum absolute atomic E-state index is 12.4. The molecule has 0 unspecified atom stereocenters. The summed E-state index contributed by atoms with van der Waals surface area (Å²) in [5, 5.41) is 2.99. The quantitative estimate of drug-likeness (QED) is 0.749. The van der Waals surface area contributed by atoms with E-state index >= 15 is 0 Å². The maximum Gasteiger partial charge on any atom is 0.409 e. The predicted molar refractivity (Wildman–Crippen MR) is 104 cm³/mol. The van der Waals surface area contributed by atoms with Gasteiger partial charge in [-0.3, -0.25) is 4.79 Å². The first-order valence-electron chi connectivity index (χ1n) is 9.88. The first-order valence-corrected chi connectivity index (χ1v) is 9.88. The number of nitrogens with zero attached hydrogens (tertiary/aromatic N) is 4. The summed E-state index contributed by atoms with van der Waals surface area (Å²) in [5.41, 5.74) is 0.319. The van der Waals surface area contributed by atoms with E-state index < -0.39 is 0 Å². The zero-order chi connectivity index (χ0) is 19.6. The summed E-state index contributed by atoms with van der Waals surface area (Å²) >= 11 is 0. The van der Waals surface area contributed by atoms with Crippen molar-refractivity contribution in [3.63, 3.8) is 0 Å². The summed E-state index contributed by atoms with van der Waals surface area (Å²) in [4.78, 5) is 36.7. The van der Waals surface area contributed by atoms with Crippen molar-refractivity contribution in [2.45, 2.75) is 52.5 Å². The number of anilines is 1. The third-order valence-electron chi connectivity index (χ3n) is 4.54. The fourth-order valence-electron chi connectivity index (χ4n) is 3.16.